The zero-order valence-corrected chi connectivity index (χ0v) is 11.8. The SMILES string of the molecule is CCC(C)C(C)(N)CC1CCOc2ccccc21. The van der Waals surface area contributed by atoms with E-state index in [1.165, 1.54) is 5.56 Å². The van der Waals surface area contributed by atoms with Crippen LogP contribution in [0.25, 0.3) is 0 Å². The van der Waals surface area contributed by atoms with Gasteiger partial charge in [0.15, 0.2) is 0 Å². The summed E-state index contributed by atoms with van der Waals surface area (Å²) in [7, 11) is 0. The second-order valence-corrected chi connectivity index (χ2v) is 5.89. The fourth-order valence-electron chi connectivity index (χ4n) is 2.83. The van der Waals surface area contributed by atoms with Gasteiger partial charge in [0.25, 0.3) is 0 Å². The van der Waals surface area contributed by atoms with E-state index >= 15 is 0 Å². The maximum Gasteiger partial charge on any atom is 0.122 e. The van der Waals surface area contributed by atoms with Gasteiger partial charge in [0.2, 0.25) is 0 Å². The van der Waals surface area contributed by atoms with Crippen molar-refractivity contribution in [2.45, 2.75) is 51.5 Å². The molecule has 0 bridgehead atoms. The van der Waals surface area contributed by atoms with E-state index in [9.17, 15) is 0 Å². The number of fused-ring (bicyclic) bond motifs is 1. The van der Waals surface area contributed by atoms with Gasteiger partial charge in [-0.1, -0.05) is 38.5 Å². The molecular formula is C16H25NO. The first-order valence-corrected chi connectivity index (χ1v) is 7.05. The Labute approximate surface area is 111 Å². The summed E-state index contributed by atoms with van der Waals surface area (Å²) in [4.78, 5) is 0. The first-order valence-electron chi connectivity index (χ1n) is 7.05. The normalized spacial score (nSPS) is 23.7. The fourth-order valence-corrected chi connectivity index (χ4v) is 2.83. The Morgan fingerprint density at radius 2 is 2.17 bits per heavy atom. The third-order valence-electron chi connectivity index (χ3n) is 4.51. The minimum atomic E-state index is -0.0934. The molecule has 1 aliphatic heterocycles. The second-order valence-electron chi connectivity index (χ2n) is 5.89. The van der Waals surface area contributed by atoms with E-state index in [4.69, 9.17) is 10.5 Å². The zero-order chi connectivity index (χ0) is 13.2. The summed E-state index contributed by atoms with van der Waals surface area (Å²) < 4.78 is 5.71. The molecule has 0 amide bonds. The molecule has 18 heavy (non-hydrogen) atoms. The van der Waals surface area contributed by atoms with Gasteiger partial charge in [-0.25, -0.2) is 0 Å². The second kappa shape index (κ2) is 5.31. The van der Waals surface area contributed by atoms with Gasteiger partial charge in [0.1, 0.15) is 5.75 Å². The summed E-state index contributed by atoms with van der Waals surface area (Å²) in [6.07, 6.45) is 3.26. The van der Waals surface area contributed by atoms with Crippen molar-refractivity contribution < 1.29 is 4.74 Å². The minimum absolute atomic E-state index is 0.0934. The molecule has 1 heterocycles. The molecule has 2 nitrogen and oxygen atoms in total. The Morgan fingerprint density at radius 3 is 2.89 bits per heavy atom. The van der Waals surface area contributed by atoms with Gasteiger partial charge in [0, 0.05) is 5.54 Å². The van der Waals surface area contributed by atoms with Crippen molar-refractivity contribution in [1.29, 1.82) is 0 Å². The van der Waals surface area contributed by atoms with Gasteiger partial charge in [-0.15, -0.1) is 0 Å². The van der Waals surface area contributed by atoms with Gasteiger partial charge in [-0.3, -0.25) is 0 Å². The first-order chi connectivity index (χ1) is 8.54. The number of rotatable bonds is 4. The van der Waals surface area contributed by atoms with E-state index in [2.05, 4.69) is 39.0 Å². The van der Waals surface area contributed by atoms with E-state index in [-0.39, 0.29) is 5.54 Å². The summed E-state index contributed by atoms with van der Waals surface area (Å²) in [6.45, 7) is 7.48. The maximum absolute atomic E-state index is 6.52. The average molecular weight is 247 g/mol. The van der Waals surface area contributed by atoms with Crippen LogP contribution < -0.4 is 10.5 Å². The molecule has 1 aliphatic rings. The van der Waals surface area contributed by atoms with Gasteiger partial charge in [-0.05, 0) is 43.2 Å². The van der Waals surface area contributed by atoms with Gasteiger partial charge < -0.3 is 10.5 Å². The molecule has 2 rings (SSSR count). The molecule has 0 spiro atoms. The van der Waals surface area contributed by atoms with E-state index < -0.39 is 0 Å². The summed E-state index contributed by atoms with van der Waals surface area (Å²) in [5.41, 5.74) is 7.76. The van der Waals surface area contributed by atoms with Crippen LogP contribution in [0.5, 0.6) is 5.75 Å². The molecule has 100 valence electrons. The lowest BCUT2D eigenvalue weighted by molar-refractivity contribution is 0.218. The predicted molar refractivity (Wildman–Crippen MR) is 76.0 cm³/mol. The number of benzene rings is 1. The van der Waals surface area contributed by atoms with E-state index in [0.717, 1.165) is 31.6 Å². The fraction of sp³-hybridized carbons (Fsp3) is 0.625. The highest BCUT2D eigenvalue weighted by Gasteiger charge is 2.31. The highest BCUT2D eigenvalue weighted by atomic mass is 16.5. The van der Waals surface area contributed by atoms with Crippen molar-refractivity contribution in [3.8, 4) is 5.75 Å². The Bertz CT molecular complexity index is 400. The Balaban J connectivity index is 2.16. The maximum atomic E-state index is 6.52. The summed E-state index contributed by atoms with van der Waals surface area (Å²) in [6, 6.07) is 8.39. The summed E-state index contributed by atoms with van der Waals surface area (Å²) in [5, 5.41) is 0. The summed E-state index contributed by atoms with van der Waals surface area (Å²) >= 11 is 0. The van der Waals surface area contributed by atoms with Crippen molar-refractivity contribution in [2.24, 2.45) is 11.7 Å². The van der Waals surface area contributed by atoms with Crippen LogP contribution in [0.4, 0.5) is 0 Å². The van der Waals surface area contributed by atoms with Crippen LogP contribution in [0.15, 0.2) is 24.3 Å². The number of para-hydroxylation sites is 1. The smallest absolute Gasteiger partial charge is 0.122 e. The Hall–Kier alpha value is -1.02. The topological polar surface area (TPSA) is 35.2 Å². The number of hydrogen-bond acceptors (Lipinski definition) is 2. The van der Waals surface area contributed by atoms with Gasteiger partial charge in [-0.2, -0.15) is 0 Å². The molecule has 3 unspecified atom stereocenters. The van der Waals surface area contributed by atoms with Crippen molar-refractivity contribution in [3.05, 3.63) is 29.8 Å². The number of nitrogens with two attached hydrogens (primary N) is 1. The van der Waals surface area contributed by atoms with Crippen molar-refractivity contribution in [3.63, 3.8) is 0 Å². The monoisotopic (exact) mass is 247 g/mol. The van der Waals surface area contributed by atoms with Crippen LogP contribution in [0.2, 0.25) is 0 Å². The largest absolute Gasteiger partial charge is 0.493 e. The lowest BCUT2D eigenvalue weighted by Gasteiger charge is -2.36. The van der Waals surface area contributed by atoms with Crippen molar-refractivity contribution in [2.75, 3.05) is 6.61 Å². The molecule has 1 aromatic rings. The molecule has 3 atom stereocenters. The Kier molecular flexibility index (Phi) is 3.96. The molecule has 2 N–H and O–H groups in total. The number of hydrogen-bond donors (Lipinski definition) is 1. The quantitative estimate of drug-likeness (QED) is 0.880. The van der Waals surface area contributed by atoms with Crippen molar-refractivity contribution >= 4 is 0 Å². The van der Waals surface area contributed by atoms with E-state index in [1.54, 1.807) is 0 Å². The molecule has 0 aliphatic carbocycles. The average Bonchev–Trinajstić information content (AvgIpc) is 2.38. The highest BCUT2D eigenvalue weighted by molar-refractivity contribution is 5.38. The van der Waals surface area contributed by atoms with Crippen LogP contribution in [-0.2, 0) is 0 Å². The Morgan fingerprint density at radius 1 is 1.44 bits per heavy atom. The van der Waals surface area contributed by atoms with Crippen LogP contribution >= 0.6 is 0 Å². The van der Waals surface area contributed by atoms with Crippen molar-refractivity contribution in [1.82, 2.24) is 0 Å². The van der Waals surface area contributed by atoms with Crippen LogP contribution in [0.3, 0.4) is 0 Å². The number of ether oxygens (including phenoxy) is 1. The molecule has 2 heteroatoms. The van der Waals surface area contributed by atoms with Gasteiger partial charge in [0.05, 0.1) is 6.61 Å². The lowest BCUT2D eigenvalue weighted by Crippen LogP contribution is -2.44. The molecule has 0 fully saturated rings. The van der Waals surface area contributed by atoms with Crippen LogP contribution in [0.1, 0.15) is 51.5 Å². The lowest BCUT2D eigenvalue weighted by atomic mass is 9.75. The zero-order valence-electron chi connectivity index (χ0n) is 11.8. The van der Waals surface area contributed by atoms with Crippen LogP contribution in [0, 0.1) is 5.92 Å². The predicted octanol–water partition coefficient (Wildman–Crippen LogP) is 3.71. The van der Waals surface area contributed by atoms with Crippen LogP contribution in [-0.4, -0.2) is 12.1 Å². The first kappa shape index (κ1) is 13.4. The minimum Gasteiger partial charge on any atom is -0.493 e. The standard InChI is InChI=1S/C16H25NO/c1-4-12(2)16(3,17)11-13-9-10-18-15-8-6-5-7-14(13)15/h5-8,12-13H,4,9-11,17H2,1-3H3. The molecule has 0 radical (unpaired) electrons. The molecule has 1 aromatic carbocycles. The molecular weight excluding hydrogens is 222 g/mol. The van der Waals surface area contributed by atoms with Gasteiger partial charge >= 0.3 is 0 Å². The molecule has 0 saturated heterocycles. The third kappa shape index (κ3) is 2.69. The summed E-state index contributed by atoms with van der Waals surface area (Å²) in [5.74, 6) is 2.14. The van der Waals surface area contributed by atoms with E-state index in [0.29, 0.717) is 11.8 Å². The highest BCUT2D eigenvalue weighted by Crippen LogP contribution is 2.39. The van der Waals surface area contributed by atoms with E-state index in [1.807, 2.05) is 6.07 Å². The molecule has 0 saturated carbocycles. The molecule has 0 aromatic heterocycles. The third-order valence-corrected chi connectivity index (χ3v) is 4.51.